The number of para-hydroxylation sites is 1. The fraction of sp³-hybridized carbons (Fsp3) is 0.148. The highest BCUT2D eigenvalue weighted by Gasteiger charge is 2.46. The van der Waals surface area contributed by atoms with Crippen LogP contribution in [0, 0.1) is 0 Å². The van der Waals surface area contributed by atoms with Gasteiger partial charge in [-0.3, -0.25) is 14.6 Å². The van der Waals surface area contributed by atoms with Gasteiger partial charge in [-0.05, 0) is 53.9 Å². The van der Waals surface area contributed by atoms with Crippen LogP contribution in [-0.2, 0) is 16.0 Å². The van der Waals surface area contributed by atoms with Gasteiger partial charge in [0.25, 0.3) is 11.7 Å². The van der Waals surface area contributed by atoms with Crippen molar-refractivity contribution in [1.29, 1.82) is 0 Å². The molecule has 0 spiro atoms. The molecular weight excluding hydrogens is 430 g/mol. The number of ketones is 1. The first-order valence-corrected chi connectivity index (χ1v) is 11.0. The van der Waals surface area contributed by atoms with Crippen molar-refractivity contribution in [3.05, 3.63) is 102 Å². The van der Waals surface area contributed by atoms with E-state index in [1.54, 1.807) is 49.8 Å². The average Bonchev–Trinajstić information content (AvgIpc) is 3.41. The average molecular weight is 453 g/mol. The van der Waals surface area contributed by atoms with Crippen LogP contribution in [-0.4, -0.2) is 45.3 Å². The molecular formula is C27H23N3O4. The largest absolute Gasteiger partial charge is 0.507 e. The first-order valence-electron chi connectivity index (χ1n) is 11.0. The lowest BCUT2D eigenvalue weighted by molar-refractivity contribution is -0.139. The van der Waals surface area contributed by atoms with Crippen LogP contribution in [0.4, 0.5) is 0 Å². The number of aromatic amines is 1. The van der Waals surface area contributed by atoms with Crippen molar-refractivity contribution in [2.45, 2.75) is 12.5 Å². The van der Waals surface area contributed by atoms with Crippen LogP contribution < -0.4 is 4.74 Å². The van der Waals surface area contributed by atoms with E-state index in [1.807, 2.05) is 36.5 Å². The number of carbonyl (C=O) groups is 2. The summed E-state index contributed by atoms with van der Waals surface area (Å²) in [6.07, 6.45) is 5.73. The molecule has 34 heavy (non-hydrogen) atoms. The molecule has 2 aromatic heterocycles. The van der Waals surface area contributed by atoms with E-state index in [-0.39, 0.29) is 11.3 Å². The fourth-order valence-corrected chi connectivity index (χ4v) is 4.48. The Labute approximate surface area is 196 Å². The van der Waals surface area contributed by atoms with Crippen molar-refractivity contribution >= 4 is 28.4 Å². The van der Waals surface area contributed by atoms with E-state index in [9.17, 15) is 14.7 Å². The number of nitrogens with one attached hydrogen (secondary N) is 1. The van der Waals surface area contributed by atoms with Gasteiger partial charge in [0.05, 0.1) is 18.7 Å². The van der Waals surface area contributed by atoms with Crippen molar-refractivity contribution < 1.29 is 19.4 Å². The number of nitrogens with zero attached hydrogens (tertiary/aromatic N) is 2. The lowest BCUT2D eigenvalue weighted by Gasteiger charge is -2.25. The molecule has 7 heteroatoms. The Morgan fingerprint density at radius 1 is 1.09 bits per heavy atom. The van der Waals surface area contributed by atoms with E-state index in [0.717, 1.165) is 16.5 Å². The van der Waals surface area contributed by atoms with E-state index >= 15 is 0 Å². The standard InChI is InChI=1S/C27H23N3O4/c1-34-20-10-8-17(9-11-20)25(31)23-24(19-5-4-13-28-15-19)30(27(33)26(23)32)14-12-18-16-29-22-7-3-2-6-21(18)22/h2-11,13,15-16,24,29,31H,12,14H2,1H3/b25-23-. The van der Waals surface area contributed by atoms with Crippen LogP contribution in [0.5, 0.6) is 5.75 Å². The topological polar surface area (TPSA) is 95.5 Å². The van der Waals surface area contributed by atoms with Gasteiger partial charge in [0.2, 0.25) is 0 Å². The van der Waals surface area contributed by atoms with Gasteiger partial charge < -0.3 is 19.7 Å². The zero-order valence-electron chi connectivity index (χ0n) is 18.6. The van der Waals surface area contributed by atoms with Crippen molar-refractivity contribution in [3.8, 4) is 5.75 Å². The number of benzene rings is 2. The fourth-order valence-electron chi connectivity index (χ4n) is 4.48. The Bertz CT molecular complexity index is 1390. The molecule has 1 saturated heterocycles. The molecule has 2 aromatic carbocycles. The van der Waals surface area contributed by atoms with Crippen LogP contribution in [0.3, 0.4) is 0 Å². The maximum atomic E-state index is 13.2. The number of Topliss-reactive ketones (excluding diaryl/α,β-unsaturated/α-hetero) is 1. The summed E-state index contributed by atoms with van der Waals surface area (Å²) < 4.78 is 5.18. The molecule has 1 atom stereocenters. The van der Waals surface area contributed by atoms with Crippen LogP contribution in [0.2, 0.25) is 0 Å². The SMILES string of the molecule is COc1ccc(/C(O)=C2/C(=O)C(=O)N(CCc3c[nH]c4ccccc34)C2c2cccnc2)cc1. The van der Waals surface area contributed by atoms with Crippen LogP contribution in [0.1, 0.15) is 22.7 Å². The molecule has 7 nitrogen and oxygen atoms in total. The van der Waals surface area contributed by atoms with Gasteiger partial charge >= 0.3 is 0 Å². The van der Waals surface area contributed by atoms with Crippen LogP contribution >= 0.6 is 0 Å². The van der Waals surface area contributed by atoms with Gasteiger partial charge in [0.15, 0.2) is 0 Å². The normalized spacial score (nSPS) is 17.4. The molecule has 4 aromatic rings. The minimum Gasteiger partial charge on any atom is -0.507 e. The quantitative estimate of drug-likeness (QED) is 0.259. The Balaban J connectivity index is 1.54. The van der Waals surface area contributed by atoms with E-state index in [4.69, 9.17) is 4.74 Å². The second-order valence-electron chi connectivity index (χ2n) is 8.12. The molecule has 2 N–H and O–H groups in total. The number of methoxy groups -OCH3 is 1. The molecule has 170 valence electrons. The Morgan fingerprint density at radius 3 is 2.62 bits per heavy atom. The van der Waals surface area contributed by atoms with Crippen LogP contribution in [0.25, 0.3) is 16.7 Å². The second-order valence-corrected chi connectivity index (χ2v) is 8.12. The molecule has 0 saturated carbocycles. The highest BCUT2D eigenvalue weighted by atomic mass is 16.5. The lowest BCUT2D eigenvalue weighted by atomic mass is 9.96. The zero-order chi connectivity index (χ0) is 23.7. The van der Waals surface area contributed by atoms with Gasteiger partial charge in [-0.2, -0.15) is 0 Å². The number of hydrogen-bond donors (Lipinski definition) is 2. The highest BCUT2D eigenvalue weighted by Crippen LogP contribution is 2.39. The summed E-state index contributed by atoms with van der Waals surface area (Å²) >= 11 is 0. The number of likely N-dealkylation sites (tertiary alicyclic amines) is 1. The predicted molar refractivity (Wildman–Crippen MR) is 128 cm³/mol. The summed E-state index contributed by atoms with van der Waals surface area (Å²) in [5.41, 5.74) is 3.22. The third-order valence-electron chi connectivity index (χ3n) is 6.20. The third kappa shape index (κ3) is 3.71. The number of amides is 1. The minimum atomic E-state index is -0.735. The zero-order valence-corrected chi connectivity index (χ0v) is 18.6. The number of rotatable bonds is 6. The van der Waals surface area contributed by atoms with E-state index in [2.05, 4.69) is 9.97 Å². The molecule has 0 bridgehead atoms. The van der Waals surface area contributed by atoms with Crippen molar-refractivity contribution in [3.63, 3.8) is 0 Å². The predicted octanol–water partition coefficient (Wildman–Crippen LogP) is 4.24. The maximum Gasteiger partial charge on any atom is 0.295 e. The van der Waals surface area contributed by atoms with E-state index in [1.165, 1.54) is 4.90 Å². The summed E-state index contributed by atoms with van der Waals surface area (Å²) in [6.45, 7) is 0.311. The summed E-state index contributed by atoms with van der Waals surface area (Å²) in [5.74, 6) is -0.936. The molecule has 1 unspecified atom stereocenters. The van der Waals surface area contributed by atoms with Crippen molar-refractivity contribution in [2.24, 2.45) is 0 Å². The maximum absolute atomic E-state index is 13.2. The number of aromatic nitrogens is 2. The third-order valence-corrected chi connectivity index (χ3v) is 6.20. The van der Waals surface area contributed by atoms with Crippen LogP contribution in [0.15, 0.2) is 84.8 Å². The number of H-pyrrole nitrogens is 1. The molecule has 1 aliphatic rings. The summed E-state index contributed by atoms with van der Waals surface area (Å²) in [5, 5.41) is 12.2. The number of fused-ring (bicyclic) bond motifs is 1. The van der Waals surface area contributed by atoms with E-state index < -0.39 is 17.7 Å². The summed E-state index contributed by atoms with van der Waals surface area (Å²) in [6, 6.07) is 17.5. The number of hydrogen-bond acceptors (Lipinski definition) is 5. The Morgan fingerprint density at radius 2 is 1.88 bits per heavy atom. The summed E-state index contributed by atoms with van der Waals surface area (Å²) in [7, 11) is 1.55. The number of aliphatic hydroxyl groups is 1. The number of aliphatic hydroxyl groups excluding tert-OH is 1. The van der Waals surface area contributed by atoms with Gasteiger partial charge in [0.1, 0.15) is 11.5 Å². The van der Waals surface area contributed by atoms with E-state index in [0.29, 0.717) is 29.8 Å². The molecule has 5 rings (SSSR count). The first kappa shape index (κ1) is 21.5. The number of carbonyl (C=O) groups excluding carboxylic acids is 2. The first-order chi connectivity index (χ1) is 16.6. The summed E-state index contributed by atoms with van der Waals surface area (Å²) in [4.78, 5) is 35.2. The molecule has 3 heterocycles. The highest BCUT2D eigenvalue weighted by molar-refractivity contribution is 6.46. The second kappa shape index (κ2) is 8.86. The smallest absolute Gasteiger partial charge is 0.295 e. The monoisotopic (exact) mass is 453 g/mol. The van der Waals surface area contributed by atoms with Crippen molar-refractivity contribution in [1.82, 2.24) is 14.9 Å². The van der Waals surface area contributed by atoms with Gasteiger partial charge in [-0.1, -0.05) is 24.3 Å². The van der Waals surface area contributed by atoms with Crippen molar-refractivity contribution in [2.75, 3.05) is 13.7 Å². The number of ether oxygens (including phenoxy) is 1. The molecule has 0 radical (unpaired) electrons. The lowest BCUT2D eigenvalue weighted by Crippen LogP contribution is -2.31. The van der Waals surface area contributed by atoms with Gasteiger partial charge in [0, 0.05) is 41.6 Å². The molecule has 1 aliphatic heterocycles. The Hall–Kier alpha value is -4.39. The molecule has 1 amide bonds. The Kier molecular flexibility index (Phi) is 5.59. The number of pyridine rings is 1. The molecule has 0 aliphatic carbocycles. The van der Waals surface area contributed by atoms with Gasteiger partial charge in [-0.15, -0.1) is 0 Å². The van der Waals surface area contributed by atoms with Gasteiger partial charge in [-0.25, -0.2) is 0 Å². The minimum absolute atomic E-state index is 0.0575. The molecule has 1 fully saturated rings.